The Hall–Kier alpha value is -3.15. The molecule has 1 N–H and O–H groups in total. The fraction of sp³-hybridized carbons (Fsp3) is 0.250. The van der Waals surface area contributed by atoms with Crippen molar-refractivity contribution in [2.75, 3.05) is 11.4 Å². The zero-order valence-electron chi connectivity index (χ0n) is 15.1. The number of anilines is 1. The number of nitrogens with zero attached hydrogens (tertiary/aromatic N) is 2. The molecule has 6 nitrogen and oxygen atoms in total. The number of rotatable bonds is 4. The number of H-pyrrole nitrogens is 1. The van der Waals surface area contributed by atoms with Gasteiger partial charge in [-0.1, -0.05) is 18.2 Å². The van der Waals surface area contributed by atoms with Gasteiger partial charge in [0, 0.05) is 24.3 Å². The molecule has 1 amide bonds. The third-order valence-corrected chi connectivity index (χ3v) is 4.51. The molecule has 3 aromatic rings. The first-order chi connectivity index (χ1) is 12.5. The van der Waals surface area contributed by atoms with Gasteiger partial charge in [-0.15, -0.1) is 0 Å². The lowest BCUT2D eigenvalue weighted by Gasteiger charge is -2.23. The van der Waals surface area contributed by atoms with Crippen LogP contribution in [0, 0.1) is 6.92 Å². The third kappa shape index (κ3) is 2.94. The Labute approximate surface area is 150 Å². The number of aromatic amines is 1. The summed E-state index contributed by atoms with van der Waals surface area (Å²) < 4.78 is 1.13. The number of hydrogen-bond acceptors (Lipinski definition) is 3. The largest absolute Gasteiger partial charge is 0.328 e. The van der Waals surface area contributed by atoms with Gasteiger partial charge in [0.2, 0.25) is 0 Å². The van der Waals surface area contributed by atoms with E-state index in [9.17, 15) is 14.4 Å². The number of carbonyl (C=O) groups is 1. The highest BCUT2D eigenvalue weighted by Crippen LogP contribution is 2.22. The molecule has 6 heteroatoms. The zero-order valence-corrected chi connectivity index (χ0v) is 15.1. The van der Waals surface area contributed by atoms with E-state index in [1.807, 2.05) is 38.1 Å². The molecule has 0 aliphatic heterocycles. The van der Waals surface area contributed by atoms with Gasteiger partial charge in [0.1, 0.15) is 0 Å². The number of aryl methyl sites for hydroxylation is 1. The molecule has 0 saturated carbocycles. The number of hydrogen-bond donors (Lipinski definition) is 1. The van der Waals surface area contributed by atoms with Crippen molar-refractivity contribution in [1.82, 2.24) is 9.55 Å². The first-order valence-electron chi connectivity index (χ1n) is 8.62. The van der Waals surface area contributed by atoms with Crippen LogP contribution in [0.2, 0.25) is 0 Å². The van der Waals surface area contributed by atoms with Crippen LogP contribution in [0.5, 0.6) is 0 Å². The van der Waals surface area contributed by atoms with Crippen molar-refractivity contribution in [1.29, 1.82) is 0 Å². The minimum Gasteiger partial charge on any atom is -0.308 e. The standard InChI is InChI=1S/C20H21N3O3/c1-4-22(17-9-7-6-8-13(17)3)18(24)14-10-11-15-16(12-14)21-20(26)23(5-2)19(15)25/h6-12H,4-5H2,1-3H3,(H,21,26). The molecule has 26 heavy (non-hydrogen) atoms. The SMILES string of the molecule is CCN(C(=O)c1ccc2c(=O)n(CC)c(=O)[nH]c2c1)c1ccccc1C. The molecular formula is C20H21N3O3. The molecule has 0 bridgehead atoms. The summed E-state index contributed by atoms with van der Waals surface area (Å²) in [5.74, 6) is -0.177. The molecule has 1 heterocycles. The molecule has 0 aliphatic rings. The summed E-state index contributed by atoms with van der Waals surface area (Å²) in [6.07, 6.45) is 0. The Bertz CT molecular complexity index is 1100. The maximum Gasteiger partial charge on any atom is 0.328 e. The first kappa shape index (κ1) is 17.7. The Morgan fingerprint density at radius 1 is 1.12 bits per heavy atom. The molecular weight excluding hydrogens is 330 g/mol. The van der Waals surface area contributed by atoms with Crippen LogP contribution in [0.25, 0.3) is 10.9 Å². The van der Waals surface area contributed by atoms with E-state index in [1.165, 1.54) is 0 Å². The van der Waals surface area contributed by atoms with Crippen molar-refractivity contribution in [2.24, 2.45) is 0 Å². The minimum atomic E-state index is -0.471. The summed E-state index contributed by atoms with van der Waals surface area (Å²) in [7, 11) is 0. The maximum absolute atomic E-state index is 13.0. The van der Waals surface area contributed by atoms with E-state index >= 15 is 0 Å². The second-order valence-corrected chi connectivity index (χ2v) is 6.08. The van der Waals surface area contributed by atoms with Crippen LogP contribution in [-0.2, 0) is 6.54 Å². The molecule has 0 atom stereocenters. The number of para-hydroxylation sites is 1. The number of amides is 1. The van der Waals surface area contributed by atoms with Gasteiger partial charge in [0.15, 0.2) is 0 Å². The van der Waals surface area contributed by atoms with Gasteiger partial charge < -0.3 is 9.88 Å². The van der Waals surface area contributed by atoms with Crippen molar-refractivity contribution in [3.63, 3.8) is 0 Å². The van der Waals surface area contributed by atoms with Crippen LogP contribution in [-0.4, -0.2) is 22.0 Å². The van der Waals surface area contributed by atoms with E-state index in [1.54, 1.807) is 30.0 Å². The van der Waals surface area contributed by atoms with Gasteiger partial charge in [0.25, 0.3) is 11.5 Å². The van der Waals surface area contributed by atoms with Crippen LogP contribution in [0.3, 0.4) is 0 Å². The van der Waals surface area contributed by atoms with Gasteiger partial charge in [0.05, 0.1) is 10.9 Å². The Morgan fingerprint density at radius 2 is 1.85 bits per heavy atom. The number of carbonyl (C=O) groups excluding carboxylic acids is 1. The molecule has 1 aromatic heterocycles. The zero-order chi connectivity index (χ0) is 18.8. The predicted molar refractivity (Wildman–Crippen MR) is 103 cm³/mol. The summed E-state index contributed by atoms with van der Waals surface area (Å²) in [6, 6.07) is 12.5. The first-order valence-corrected chi connectivity index (χ1v) is 8.62. The van der Waals surface area contributed by atoms with Crippen LogP contribution < -0.4 is 16.1 Å². The second-order valence-electron chi connectivity index (χ2n) is 6.08. The Kier molecular flexibility index (Phi) is 4.75. The molecule has 3 rings (SSSR count). The molecule has 0 fully saturated rings. The van der Waals surface area contributed by atoms with Crippen LogP contribution in [0.4, 0.5) is 5.69 Å². The lowest BCUT2D eigenvalue weighted by molar-refractivity contribution is 0.0988. The van der Waals surface area contributed by atoms with E-state index in [2.05, 4.69) is 4.98 Å². The topological polar surface area (TPSA) is 75.2 Å². The highest BCUT2D eigenvalue weighted by molar-refractivity contribution is 6.08. The molecule has 2 aromatic carbocycles. The third-order valence-electron chi connectivity index (χ3n) is 4.51. The average Bonchev–Trinajstić information content (AvgIpc) is 2.63. The van der Waals surface area contributed by atoms with Gasteiger partial charge in [-0.25, -0.2) is 4.79 Å². The highest BCUT2D eigenvalue weighted by atomic mass is 16.2. The quantitative estimate of drug-likeness (QED) is 0.785. The summed E-state index contributed by atoms with van der Waals surface area (Å²) in [6.45, 7) is 6.41. The number of aromatic nitrogens is 2. The van der Waals surface area contributed by atoms with E-state index < -0.39 is 5.69 Å². The average molecular weight is 351 g/mol. The van der Waals surface area contributed by atoms with Crippen molar-refractivity contribution < 1.29 is 4.79 Å². The number of benzene rings is 2. The van der Waals surface area contributed by atoms with E-state index in [-0.39, 0.29) is 11.5 Å². The summed E-state index contributed by atoms with van der Waals surface area (Å²) >= 11 is 0. The van der Waals surface area contributed by atoms with Crippen molar-refractivity contribution in [3.05, 3.63) is 74.4 Å². The molecule has 0 aliphatic carbocycles. The summed E-state index contributed by atoms with van der Waals surface area (Å²) in [5.41, 5.74) is 1.82. The predicted octanol–water partition coefficient (Wildman–Crippen LogP) is 2.68. The molecule has 0 unspecified atom stereocenters. The summed E-state index contributed by atoms with van der Waals surface area (Å²) in [5, 5.41) is 0.391. The Morgan fingerprint density at radius 3 is 2.50 bits per heavy atom. The smallest absolute Gasteiger partial charge is 0.308 e. The maximum atomic E-state index is 13.0. The van der Waals surface area contributed by atoms with E-state index in [4.69, 9.17) is 0 Å². The van der Waals surface area contributed by atoms with Gasteiger partial charge in [-0.2, -0.15) is 0 Å². The van der Waals surface area contributed by atoms with Gasteiger partial charge in [-0.05, 0) is 50.6 Å². The lowest BCUT2D eigenvalue weighted by Crippen LogP contribution is -2.35. The van der Waals surface area contributed by atoms with Gasteiger partial charge in [-0.3, -0.25) is 14.2 Å². The number of fused-ring (bicyclic) bond motifs is 1. The van der Waals surface area contributed by atoms with Crippen molar-refractivity contribution in [3.8, 4) is 0 Å². The second kappa shape index (κ2) is 7.00. The number of nitrogens with one attached hydrogen (secondary N) is 1. The fourth-order valence-electron chi connectivity index (χ4n) is 3.12. The van der Waals surface area contributed by atoms with Crippen LogP contribution in [0.1, 0.15) is 29.8 Å². The minimum absolute atomic E-state index is 0.177. The lowest BCUT2D eigenvalue weighted by atomic mass is 10.1. The van der Waals surface area contributed by atoms with Crippen LogP contribution in [0.15, 0.2) is 52.1 Å². The fourth-order valence-corrected chi connectivity index (χ4v) is 3.12. The summed E-state index contributed by atoms with van der Waals surface area (Å²) in [4.78, 5) is 41.8. The normalized spacial score (nSPS) is 10.9. The molecule has 0 saturated heterocycles. The van der Waals surface area contributed by atoms with Gasteiger partial charge >= 0.3 is 5.69 Å². The Balaban J connectivity index is 2.10. The highest BCUT2D eigenvalue weighted by Gasteiger charge is 2.18. The molecule has 0 radical (unpaired) electrons. The monoisotopic (exact) mass is 351 g/mol. The molecule has 0 spiro atoms. The van der Waals surface area contributed by atoms with E-state index in [0.717, 1.165) is 15.8 Å². The van der Waals surface area contributed by atoms with Crippen molar-refractivity contribution >= 4 is 22.5 Å². The van der Waals surface area contributed by atoms with Crippen molar-refractivity contribution in [2.45, 2.75) is 27.3 Å². The van der Waals surface area contributed by atoms with E-state index in [0.29, 0.717) is 29.6 Å². The van der Waals surface area contributed by atoms with Crippen LogP contribution >= 0.6 is 0 Å². The molecule has 134 valence electrons.